The van der Waals surface area contributed by atoms with Crippen LogP contribution in [0.15, 0.2) is 182 Å². The fourth-order valence-electron chi connectivity index (χ4n) is 8.94. The first-order valence-corrected chi connectivity index (χ1v) is 20.1. The molecule has 0 fully saturated rings. The molecule has 0 aliphatic rings. The maximum atomic E-state index is 2.45. The van der Waals surface area contributed by atoms with Crippen molar-refractivity contribution in [1.29, 1.82) is 0 Å². The Kier molecular flexibility index (Phi) is 6.48. The summed E-state index contributed by atoms with van der Waals surface area (Å²) in [7, 11) is 0. The van der Waals surface area contributed by atoms with E-state index in [1.54, 1.807) is 0 Å². The quantitative estimate of drug-likeness (QED) is 0.160. The highest BCUT2D eigenvalue weighted by Crippen LogP contribution is 2.48. The molecular formula is C52H30S2. The van der Waals surface area contributed by atoms with Crippen LogP contribution in [0, 0.1) is 0 Å². The van der Waals surface area contributed by atoms with Gasteiger partial charge in [0.05, 0.1) is 0 Å². The number of hydrogen-bond donors (Lipinski definition) is 0. The Bertz CT molecular complexity index is 3430. The highest BCUT2D eigenvalue weighted by molar-refractivity contribution is 7.28. The molecule has 0 saturated carbocycles. The summed E-state index contributed by atoms with van der Waals surface area (Å²) in [6.45, 7) is 0. The van der Waals surface area contributed by atoms with Gasteiger partial charge < -0.3 is 0 Å². The van der Waals surface area contributed by atoms with Gasteiger partial charge in [-0.3, -0.25) is 0 Å². The molecule has 10 aromatic carbocycles. The van der Waals surface area contributed by atoms with Crippen LogP contribution in [0.25, 0.3) is 117 Å². The molecule has 0 bridgehead atoms. The van der Waals surface area contributed by atoms with E-state index in [2.05, 4.69) is 182 Å². The summed E-state index contributed by atoms with van der Waals surface area (Å²) in [5, 5.41) is 15.7. The number of rotatable bonds is 3. The van der Waals surface area contributed by atoms with Crippen molar-refractivity contribution in [2.75, 3.05) is 0 Å². The van der Waals surface area contributed by atoms with Gasteiger partial charge in [-0.05, 0) is 96.0 Å². The minimum absolute atomic E-state index is 1.24. The number of fused-ring (bicyclic) bond motifs is 12. The van der Waals surface area contributed by atoms with Crippen LogP contribution in [0.5, 0.6) is 0 Å². The van der Waals surface area contributed by atoms with Crippen LogP contribution in [-0.4, -0.2) is 0 Å². The number of hydrogen-bond acceptors (Lipinski definition) is 2. The smallest absolute Gasteiger partial charge is 0.0434 e. The molecule has 0 nitrogen and oxygen atoms in total. The van der Waals surface area contributed by atoms with Gasteiger partial charge in [0.15, 0.2) is 0 Å². The van der Waals surface area contributed by atoms with Crippen molar-refractivity contribution >= 4 is 106 Å². The van der Waals surface area contributed by atoms with Crippen molar-refractivity contribution in [1.82, 2.24) is 0 Å². The second-order valence-corrected chi connectivity index (χ2v) is 16.5. The van der Waals surface area contributed by atoms with Gasteiger partial charge in [0.25, 0.3) is 0 Å². The first kappa shape index (κ1) is 30.2. The van der Waals surface area contributed by atoms with E-state index >= 15 is 0 Å². The Balaban J connectivity index is 1.05. The molecule has 0 unspecified atom stereocenters. The maximum absolute atomic E-state index is 2.45. The largest absolute Gasteiger partial charge is 0.135 e. The highest BCUT2D eigenvalue weighted by Gasteiger charge is 2.19. The lowest BCUT2D eigenvalue weighted by Gasteiger charge is -2.18. The van der Waals surface area contributed by atoms with Crippen LogP contribution in [0.1, 0.15) is 0 Å². The van der Waals surface area contributed by atoms with Gasteiger partial charge >= 0.3 is 0 Å². The van der Waals surface area contributed by atoms with Crippen LogP contribution in [0.2, 0.25) is 0 Å². The van der Waals surface area contributed by atoms with Crippen LogP contribution in [-0.2, 0) is 0 Å². The molecule has 12 rings (SSSR count). The van der Waals surface area contributed by atoms with Crippen LogP contribution < -0.4 is 0 Å². The predicted molar refractivity (Wildman–Crippen MR) is 239 cm³/mol. The zero-order valence-corrected chi connectivity index (χ0v) is 30.8. The van der Waals surface area contributed by atoms with Gasteiger partial charge in [0.1, 0.15) is 0 Å². The topological polar surface area (TPSA) is 0 Å². The lowest BCUT2D eigenvalue weighted by atomic mass is 9.85. The van der Waals surface area contributed by atoms with Gasteiger partial charge in [-0.1, -0.05) is 152 Å². The molecule has 2 heteroatoms. The molecule has 0 aliphatic carbocycles. The van der Waals surface area contributed by atoms with E-state index in [9.17, 15) is 0 Å². The Labute approximate surface area is 319 Å². The first-order valence-electron chi connectivity index (χ1n) is 18.5. The van der Waals surface area contributed by atoms with Crippen molar-refractivity contribution in [3.8, 4) is 33.4 Å². The third kappa shape index (κ3) is 4.42. The lowest BCUT2D eigenvalue weighted by Crippen LogP contribution is -1.91. The normalized spacial score (nSPS) is 12.1. The maximum Gasteiger partial charge on any atom is 0.0434 e. The third-order valence-electron chi connectivity index (χ3n) is 11.4. The summed E-state index contributed by atoms with van der Waals surface area (Å²) < 4.78 is 5.44. The molecule has 0 radical (unpaired) electrons. The molecule has 2 aromatic heterocycles. The minimum Gasteiger partial charge on any atom is -0.135 e. The summed E-state index contributed by atoms with van der Waals surface area (Å²) in [6, 6.07) is 67.8. The monoisotopic (exact) mass is 718 g/mol. The lowest BCUT2D eigenvalue weighted by molar-refractivity contribution is 1.64. The molecule has 12 aromatic rings. The van der Waals surface area contributed by atoms with Gasteiger partial charge in [-0.15, -0.1) is 22.7 Å². The highest BCUT2D eigenvalue weighted by atomic mass is 32.1. The minimum atomic E-state index is 1.24. The molecule has 0 aliphatic heterocycles. The van der Waals surface area contributed by atoms with E-state index in [-0.39, 0.29) is 0 Å². The fraction of sp³-hybridized carbons (Fsp3) is 0. The molecule has 0 spiro atoms. The number of thiophene rings is 2. The molecule has 0 saturated heterocycles. The Morgan fingerprint density at radius 3 is 1.28 bits per heavy atom. The van der Waals surface area contributed by atoms with Crippen molar-refractivity contribution < 1.29 is 0 Å². The van der Waals surface area contributed by atoms with E-state index < -0.39 is 0 Å². The first-order chi connectivity index (χ1) is 26.8. The van der Waals surface area contributed by atoms with Crippen molar-refractivity contribution in [3.05, 3.63) is 182 Å². The third-order valence-corrected chi connectivity index (χ3v) is 13.9. The van der Waals surface area contributed by atoms with Crippen molar-refractivity contribution in [2.24, 2.45) is 0 Å². The Hall–Kier alpha value is -6.32. The zero-order chi connectivity index (χ0) is 35.3. The molecule has 0 N–H and O–H groups in total. The molecular weight excluding hydrogens is 689 g/mol. The van der Waals surface area contributed by atoms with Gasteiger partial charge in [0, 0.05) is 51.1 Å². The van der Waals surface area contributed by atoms with Crippen LogP contribution >= 0.6 is 22.7 Å². The predicted octanol–water partition coefficient (Wildman–Crippen LogP) is 16.0. The SMILES string of the molecule is c1ccc(-c2ccc3cc(-c4c5ccccc5c(-c5ccc6sc7c(ccc8c7ccc7c9ccccc9sc78)c6c5)c5ccccc45)ccc3c2)cc1. The van der Waals surface area contributed by atoms with E-state index in [1.807, 2.05) is 22.7 Å². The standard InChI is InChI=1S/C52H30S2/c1-2-10-31(11-3-1)32-18-19-34-29-35(21-20-33(34)28-32)49-38-13-4-6-15-40(38)50(41-16-7-5-14-39(41)49)36-22-27-48-46(30-36)45-26-25-43-44(52(45)54-48)24-23-42-37-12-8-9-17-47(37)53-51(42)43/h1-30H. The molecule has 0 atom stereocenters. The molecule has 54 heavy (non-hydrogen) atoms. The zero-order valence-electron chi connectivity index (χ0n) is 29.1. The van der Waals surface area contributed by atoms with Crippen LogP contribution in [0.3, 0.4) is 0 Å². The average Bonchev–Trinajstić information content (AvgIpc) is 3.81. The van der Waals surface area contributed by atoms with Gasteiger partial charge in [-0.2, -0.15) is 0 Å². The van der Waals surface area contributed by atoms with E-state index in [0.717, 1.165) is 0 Å². The summed E-state index contributed by atoms with van der Waals surface area (Å²) >= 11 is 3.84. The second kappa shape index (κ2) is 11.6. The van der Waals surface area contributed by atoms with E-state index in [4.69, 9.17) is 0 Å². The fourth-order valence-corrected chi connectivity index (χ4v) is 11.4. The molecule has 0 amide bonds. The van der Waals surface area contributed by atoms with Crippen molar-refractivity contribution in [2.45, 2.75) is 0 Å². The number of benzene rings is 10. The molecule has 250 valence electrons. The van der Waals surface area contributed by atoms with Gasteiger partial charge in [0.2, 0.25) is 0 Å². The summed E-state index contributed by atoms with van der Waals surface area (Å²) in [6.07, 6.45) is 0. The second-order valence-electron chi connectivity index (χ2n) is 14.4. The summed E-state index contributed by atoms with van der Waals surface area (Å²) in [4.78, 5) is 0. The van der Waals surface area contributed by atoms with Crippen LogP contribution in [0.4, 0.5) is 0 Å². The van der Waals surface area contributed by atoms with E-state index in [1.165, 1.54) is 117 Å². The van der Waals surface area contributed by atoms with Gasteiger partial charge in [-0.25, -0.2) is 0 Å². The summed E-state index contributed by atoms with van der Waals surface area (Å²) in [5.41, 5.74) is 7.58. The Morgan fingerprint density at radius 1 is 0.241 bits per heavy atom. The molecule has 2 heterocycles. The Morgan fingerprint density at radius 2 is 0.667 bits per heavy atom. The average molecular weight is 719 g/mol. The van der Waals surface area contributed by atoms with Crippen molar-refractivity contribution in [3.63, 3.8) is 0 Å². The van der Waals surface area contributed by atoms with E-state index in [0.29, 0.717) is 0 Å². The summed E-state index contributed by atoms with van der Waals surface area (Å²) in [5.74, 6) is 0.